The number of nitrogens with zero attached hydrogens (tertiary/aromatic N) is 1. The molecule has 0 N–H and O–H groups in total. The number of carbonyl (C=O) groups is 3. The number of benzene rings is 1. The van der Waals surface area contributed by atoms with E-state index in [1.165, 1.54) is 6.08 Å². The highest BCUT2D eigenvalue weighted by Gasteiger charge is 2.29. The van der Waals surface area contributed by atoms with Crippen LogP contribution in [0, 0.1) is 5.92 Å². The summed E-state index contributed by atoms with van der Waals surface area (Å²) in [7, 11) is 0. The minimum Gasteiger partial charge on any atom is -0.269 e. The van der Waals surface area contributed by atoms with E-state index in [1.807, 2.05) is 27.7 Å². The average molecular weight is 361 g/mol. The largest absolute Gasteiger partial charge is 0.349 e. The predicted octanol–water partition coefficient (Wildman–Crippen LogP) is 2.89. The second kappa shape index (κ2) is 7.80. The highest BCUT2D eigenvalue weighted by Crippen LogP contribution is 2.23. The number of anilines is 1. The van der Waals surface area contributed by atoms with E-state index in [1.54, 1.807) is 31.2 Å². The summed E-state index contributed by atoms with van der Waals surface area (Å²) in [4.78, 5) is 46.4. The summed E-state index contributed by atoms with van der Waals surface area (Å²) < 4.78 is 0. The standard InChI is InChI=1S/C19H23NO6/c1-12(2)19(4,5)25-26-24-17(22)11-14-6-8-15(9-7-14)20-16(21)10-13(3)18(20)23/h6-10,12H,11H2,1-5H3. The first kappa shape index (κ1) is 19.8. The summed E-state index contributed by atoms with van der Waals surface area (Å²) in [6, 6.07) is 6.49. The van der Waals surface area contributed by atoms with Gasteiger partial charge in [0.25, 0.3) is 11.8 Å². The molecule has 0 radical (unpaired) electrons. The Hall–Kier alpha value is -2.51. The van der Waals surface area contributed by atoms with Crippen LogP contribution in [-0.2, 0) is 35.6 Å². The fourth-order valence-electron chi connectivity index (χ4n) is 2.03. The van der Waals surface area contributed by atoms with Crippen LogP contribution in [0.1, 0.15) is 40.2 Å². The molecule has 0 bridgehead atoms. The first-order valence-electron chi connectivity index (χ1n) is 8.32. The lowest BCUT2D eigenvalue weighted by atomic mass is 9.95. The summed E-state index contributed by atoms with van der Waals surface area (Å²) in [6.45, 7) is 9.15. The summed E-state index contributed by atoms with van der Waals surface area (Å²) in [5.74, 6) is -1.18. The van der Waals surface area contributed by atoms with Crippen molar-refractivity contribution in [2.45, 2.75) is 46.6 Å². The molecule has 0 aliphatic carbocycles. The first-order valence-corrected chi connectivity index (χ1v) is 8.32. The summed E-state index contributed by atoms with van der Waals surface area (Å²) >= 11 is 0. The van der Waals surface area contributed by atoms with Gasteiger partial charge in [-0.2, -0.15) is 4.89 Å². The van der Waals surface area contributed by atoms with Crippen LogP contribution in [0.15, 0.2) is 35.9 Å². The van der Waals surface area contributed by atoms with Gasteiger partial charge >= 0.3 is 5.97 Å². The van der Waals surface area contributed by atoms with E-state index in [0.29, 0.717) is 16.8 Å². The normalized spacial score (nSPS) is 14.8. The molecule has 0 fully saturated rings. The second-order valence-corrected chi connectivity index (χ2v) is 7.01. The molecular weight excluding hydrogens is 338 g/mol. The van der Waals surface area contributed by atoms with Crippen molar-refractivity contribution in [1.82, 2.24) is 0 Å². The molecule has 1 aliphatic rings. The van der Waals surface area contributed by atoms with Crippen LogP contribution < -0.4 is 4.90 Å². The number of rotatable bonds is 7. The summed E-state index contributed by atoms with van der Waals surface area (Å²) in [5.41, 5.74) is 0.893. The van der Waals surface area contributed by atoms with Gasteiger partial charge in [0.15, 0.2) is 0 Å². The van der Waals surface area contributed by atoms with E-state index in [4.69, 9.17) is 4.89 Å². The molecule has 0 unspecified atom stereocenters. The van der Waals surface area contributed by atoms with Crippen molar-refractivity contribution in [3.05, 3.63) is 41.5 Å². The van der Waals surface area contributed by atoms with Crippen LogP contribution in [-0.4, -0.2) is 23.4 Å². The number of hydrogen-bond donors (Lipinski definition) is 0. The van der Waals surface area contributed by atoms with Gasteiger partial charge in [-0.25, -0.2) is 9.69 Å². The van der Waals surface area contributed by atoms with Crippen LogP contribution in [0.2, 0.25) is 0 Å². The Morgan fingerprint density at radius 2 is 1.77 bits per heavy atom. The average Bonchev–Trinajstić information content (AvgIpc) is 2.80. The van der Waals surface area contributed by atoms with Crippen molar-refractivity contribution < 1.29 is 29.2 Å². The quantitative estimate of drug-likeness (QED) is 0.422. The molecule has 0 aromatic heterocycles. The maximum absolute atomic E-state index is 12.0. The van der Waals surface area contributed by atoms with Gasteiger partial charge in [0.2, 0.25) is 0 Å². The Labute approximate surface area is 152 Å². The molecule has 1 aromatic rings. The Morgan fingerprint density at radius 3 is 2.27 bits per heavy atom. The van der Waals surface area contributed by atoms with E-state index in [0.717, 1.165) is 4.90 Å². The van der Waals surface area contributed by atoms with Gasteiger partial charge in [0, 0.05) is 11.6 Å². The zero-order chi connectivity index (χ0) is 19.5. The maximum atomic E-state index is 12.0. The fourth-order valence-corrected chi connectivity index (χ4v) is 2.03. The molecule has 7 heteroatoms. The lowest BCUT2D eigenvalue weighted by molar-refractivity contribution is -0.520. The van der Waals surface area contributed by atoms with Gasteiger partial charge in [0.1, 0.15) is 5.60 Å². The topological polar surface area (TPSA) is 82.1 Å². The maximum Gasteiger partial charge on any atom is 0.349 e. The van der Waals surface area contributed by atoms with Crippen molar-refractivity contribution in [3.63, 3.8) is 0 Å². The molecule has 1 aromatic carbocycles. The molecule has 2 amide bonds. The molecule has 26 heavy (non-hydrogen) atoms. The van der Waals surface area contributed by atoms with Crippen LogP contribution in [0.4, 0.5) is 5.69 Å². The third-order valence-corrected chi connectivity index (χ3v) is 4.41. The monoisotopic (exact) mass is 361 g/mol. The van der Waals surface area contributed by atoms with Crippen molar-refractivity contribution in [2.24, 2.45) is 5.92 Å². The van der Waals surface area contributed by atoms with E-state index >= 15 is 0 Å². The lowest BCUT2D eigenvalue weighted by Gasteiger charge is -2.25. The number of amides is 2. The minimum absolute atomic E-state index is 0.0368. The van der Waals surface area contributed by atoms with E-state index in [-0.39, 0.29) is 24.2 Å². The van der Waals surface area contributed by atoms with Gasteiger partial charge in [0.05, 0.1) is 12.1 Å². The highest BCUT2D eigenvalue weighted by atomic mass is 17.5. The van der Waals surface area contributed by atoms with E-state index in [2.05, 4.69) is 9.93 Å². The Morgan fingerprint density at radius 1 is 1.15 bits per heavy atom. The molecule has 7 nitrogen and oxygen atoms in total. The Balaban J connectivity index is 1.88. The van der Waals surface area contributed by atoms with E-state index in [9.17, 15) is 14.4 Å². The van der Waals surface area contributed by atoms with Crippen LogP contribution >= 0.6 is 0 Å². The van der Waals surface area contributed by atoms with Crippen molar-refractivity contribution in [2.75, 3.05) is 4.90 Å². The van der Waals surface area contributed by atoms with Gasteiger partial charge in [-0.15, -0.1) is 0 Å². The number of imide groups is 1. The minimum atomic E-state index is -0.622. The first-order chi connectivity index (χ1) is 12.1. The Bertz CT molecular complexity index is 733. The van der Waals surface area contributed by atoms with Crippen LogP contribution in [0.25, 0.3) is 0 Å². The molecule has 1 aliphatic heterocycles. The highest BCUT2D eigenvalue weighted by molar-refractivity contribution is 6.30. The Kier molecular flexibility index (Phi) is 5.94. The molecule has 0 atom stereocenters. The SMILES string of the molecule is CC1=CC(=O)N(c2ccc(CC(=O)OOOC(C)(C)C(C)C)cc2)C1=O. The van der Waals surface area contributed by atoms with Gasteiger partial charge in [-0.05, 0) is 49.4 Å². The number of carbonyl (C=O) groups excluding carboxylic acids is 3. The molecule has 0 saturated heterocycles. The molecular formula is C19H23NO6. The number of hydrogen-bond acceptors (Lipinski definition) is 6. The van der Waals surface area contributed by atoms with Crippen molar-refractivity contribution in [3.8, 4) is 0 Å². The smallest absolute Gasteiger partial charge is 0.269 e. The second-order valence-electron chi connectivity index (χ2n) is 7.01. The predicted molar refractivity (Wildman–Crippen MR) is 93.6 cm³/mol. The molecule has 2 rings (SSSR count). The van der Waals surface area contributed by atoms with Crippen LogP contribution in [0.3, 0.4) is 0 Å². The molecule has 0 spiro atoms. The van der Waals surface area contributed by atoms with Crippen molar-refractivity contribution >= 4 is 23.5 Å². The van der Waals surface area contributed by atoms with E-state index < -0.39 is 11.6 Å². The summed E-state index contributed by atoms with van der Waals surface area (Å²) in [6.07, 6.45) is 1.26. The fraction of sp³-hybridized carbons (Fsp3) is 0.421. The summed E-state index contributed by atoms with van der Waals surface area (Å²) in [5, 5.41) is 4.58. The molecule has 1 heterocycles. The third-order valence-electron chi connectivity index (χ3n) is 4.41. The zero-order valence-corrected chi connectivity index (χ0v) is 15.6. The van der Waals surface area contributed by atoms with Crippen molar-refractivity contribution in [1.29, 1.82) is 0 Å². The molecule has 0 saturated carbocycles. The zero-order valence-electron chi connectivity index (χ0n) is 15.6. The lowest BCUT2D eigenvalue weighted by Crippen LogP contribution is -2.31. The third kappa shape index (κ3) is 4.56. The van der Waals surface area contributed by atoms with Crippen LogP contribution in [0.5, 0.6) is 0 Å². The van der Waals surface area contributed by atoms with Gasteiger partial charge in [-0.1, -0.05) is 26.0 Å². The molecule has 140 valence electrons. The van der Waals surface area contributed by atoms with Gasteiger partial charge < -0.3 is 0 Å². The van der Waals surface area contributed by atoms with Gasteiger partial charge in [-0.3, -0.25) is 14.5 Å².